The first-order chi connectivity index (χ1) is 49.4. The minimum absolute atomic E-state index is 0. The van der Waals surface area contributed by atoms with Crippen molar-refractivity contribution in [3.63, 3.8) is 0 Å². The molecule has 0 aliphatic heterocycles. The number of ether oxygens (including phenoxy) is 1. The monoisotopic (exact) mass is 1390 g/mol. The number of aromatic amines is 3. The largest absolute Gasteiger partial charge is 0.480 e. The predicted octanol–water partition coefficient (Wildman–Crippen LogP) is 12.1. The van der Waals surface area contributed by atoms with E-state index < -0.39 is 0 Å². The summed E-state index contributed by atoms with van der Waals surface area (Å²) in [6.45, 7) is 18.4. The summed E-state index contributed by atoms with van der Waals surface area (Å²) in [5.41, 5.74) is 12.4. The van der Waals surface area contributed by atoms with Gasteiger partial charge in [-0.2, -0.15) is 4.98 Å². The van der Waals surface area contributed by atoms with Gasteiger partial charge in [0.2, 0.25) is 5.88 Å². The van der Waals surface area contributed by atoms with Crippen molar-refractivity contribution in [3.8, 4) is 42.9 Å². The molecule has 0 radical (unpaired) electrons. The van der Waals surface area contributed by atoms with Crippen LogP contribution in [0, 0.1) is 71.7 Å². The lowest BCUT2D eigenvalue weighted by Crippen LogP contribution is -2.24. The molecular weight excluding hydrogens is 1310 g/mol. The van der Waals surface area contributed by atoms with Gasteiger partial charge in [-0.05, 0) is 194 Å². The summed E-state index contributed by atoms with van der Waals surface area (Å²) in [5, 5.41) is 5.50. The zero-order valence-electron chi connectivity index (χ0n) is 58.7. The molecular formula is C81H79N15O8. The van der Waals surface area contributed by atoms with Crippen molar-refractivity contribution >= 4 is 89.9 Å². The van der Waals surface area contributed by atoms with Crippen LogP contribution in [0.15, 0.2) is 160 Å². The van der Waals surface area contributed by atoms with Gasteiger partial charge in [-0.25, -0.2) is 34.9 Å². The zero-order chi connectivity index (χ0) is 74.0. The lowest BCUT2D eigenvalue weighted by molar-refractivity contribution is 0.100. The van der Waals surface area contributed by atoms with E-state index in [-0.39, 0.29) is 47.2 Å². The number of H-pyrrole nitrogens is 3. The third-order valence-corrected chi connectivity index (χ3v) is 16.3. The highest BCUT2D eigenvalue weighted by atomic mass is 16.5. The maximum atomic E-state index is 12.2. The second kappa shape index (κ2) is 35.1. The highest BCUT2D eigenvalue weighted by Gasteiger charge is 2.17. The summed E-state index contributed by atoms with van der Waals surface area (Å²) in [6.07, 6.45) is 20.1. The maximum absolute atomic E-state index is 12.2. The number of ketones is 4. The molecule has 0 atom stereocenters. The quantitative estimate of drug-likeness (QED) is 0.0407. The van der Waals surface area contributed by atoms with E-state index in [0.29, 0.717) is 136 Å². The Labute approximate surface area is 601 Å². The van der Waals surface area contributed by atoms with Crippen LogP contribution in [0.1, 0.15) is 128 Å². The summed E-state index contributed by atoms with van der Waals surface area (Å²) in [5.74, 6) is 10.9. The number of nitrogens with zero attached hydrogens (tertiary/aromatic N) is 11. The lowest BCUT2D eigenvalue weighted by Gasteiger charge is -2.23. The topological polar surface area (TPSA) is 301 Å². The highest BCUT2D eigenvalue weighted by Crippen LogP contribution is 2.26. The first-order valence-corrected chi connectivity index (χ1v) is 32.5. The van der Waals surface area contributed by atoms with Crippen LogP contribution < -0.4 is 41.4 Å². The maximum Gasteiger partial charge on any atom is 0.260 e. The Hall–Kier alpha value is -13.3. The van der Waals surface area contributed by atoms with Gasteiger partial charge in [-0.15, -0.1) is 19.3 Å². The fourth-order valence-electron chi connectivity index (χ4n) is 10.9. The molecule has 0 unspecified atom stereocenters. The van der Waals surface area contributed by atoms with Gasteiger partial charge in [0.25, 0.3) is 16.7 Å². The molecule has 0 amide bonds. The van der Waals surface area contributed by atoms with E-state index in [0.717, 1.165) is 56.1 Å². The van der Waals surface area contributed by atoms with Crippen LogP contribution in [0.25, 0.3) is 44.0 Å². The van der Waals surface area contributed by atoms with Crippen LogP contribution in [0.4, 0.5) is 22.7 Å². The number of aryl methyl sites for hydroxylation is 5. The summed E-state index contributed by atoms with van der Waals surface area (Å²) in [6, 6.07) is 40.5. The van der Waals surface area contributed by atoms with E-state index in [9.17, 15) is 33.6 Å². The molecule has 0 fully saturated rings. The SMILES string of the molecule is C.C#CCN(Cc1cc2c(=O)[nH]c(C)nc2nc1C)c1ccc(C(C)=O)cc1.C#CCN(Cc1cnc2nc(C)[nH]c(=O)c2c1)c1ccc(C(C)=O)cc1.C#CCN(Cc1cnc2nc(C)nc(OC)c2c1)c1ccc(C(C)=O)cc1.CC(=O)c1ccc(CNc2ccc3nc(C)[nH]c(=O)c3c2)cc1. The highest BCUT2D eigenvalue weighted by molar-refractivity contribution is 5.96. The number of carbonyl (C=O) groups is 4. The molecule has 12 rings (SSSR count). The smallest absolute Gasteiger partial charge is 0.260 e. The number of hydrogen-bond donors (Lipinski definition) is 4. The van der Waals surface area contributed by atoms with Gasteiger partial charge in [-0.1, -0.05) is 49.5 Å². The Morgan fingerprint density at radius 3 is 1.31 bits per heavy atom. The number of Topliss-reactive ketones (excluding diaryl/α,β-unsaturated/α-hetero) is 4. The zero-order valence-corrected chi connectivity index (χ0v) is 58.7. The second-order valence-electron chi connectivity index (χ2n) is 24.1. The molecule has 12 aromatic rings. The normalized spacial score (nSPS) is 10.5. The van der Waals surface area contributed by atoms with Crippen molar-refractivity contribution in [1.82, 2.24) is 54.8 Å². The predicted molar refractivity (Wildman–Crippen MR) is 410 cm³/mol. The number of terminal acetylenes is 3. The van der Waals surface area contributed by atoms with Crippen molar-refractivity contribution in [2.45, 2.75) is 95.9 Å². The third kappa shape index (κ3) is 19.8. The van der Waals surface area contributed by atoms with Gasteiger partial charge in [0.05, 0.1) is 53.8 Å². The molecule has 0 bridgehead atoms. The first kappa shape index (κ1) is 76.4. The molecule has 23 heteroatoms. The molecule has 7 heterocycles. The Kier molecular flexibility index (Phi) is 25.8. The van der Waals surface area contributed by atoms with Gasteiger partial charge in [0, 0.05) is 89.3 Å². The minimum atomic E-state index is -0.212. The minimum Gasteiger partial charge on any atom is -0.480 e. The number of fused-ring (bicyclic) bond motifs is 4. The summed E-state index contributed by atoms with van der Waals surface area (Å²) in [4.78, 5) is 131. The Morgan fingerprint density at radius 1 is 0.452 bits per heavy atom. The number of benzene rings is 5. The fourth-order valence-corrected chi connectivity index (χ4v) is 10.9. The molecule has 0 aliphatic rings. The number of nitrogens with one attached hydrogen (secondary N) is 4. The molecule has 526 valence electrons. The second-order valence-corrected chi connectivity index (χ2v) is 24.1. The van der Waals surface area contributed by atoms with Crippen LogP contribution in [0.2, 0.25) is 0 Å². The molecule has 23 nitrogen and oxygen atoms in total. The number of methoxy groups -OCH3 is 1. The molecule has 0 saturated carbocycles. The average Bonchev–Trinajstić information content (AvgIpc) is 0.803. The first-order valence-electron chi connectivity index (χ1n) is 32.5. The Bertz CT molecular complexity index is 5480. The van der Waals surface area contributed by atoms with Crippen molar-refractivity contribution < 1.29 is 23.9 Å². The summed E-state index contributed by atoms with van der Waals surface area (Å²) < 4.78 is 5.37. The number of pyridine rings is 3. The van der Waals surface area contributed by atoms with Crippen molar-refractivity contribution in [2.75, 3.05) is 46.8 Å². The molecule has 4 N–H and O–H groups in total. The molecule has 104 heavy (non-hydrogen) atoms. The van der Waals surface area contributed by atoms with Crippen molar-refractivity contribution in [2.24, 2.45) is 0 Å². The van der Waals surface area contributed by atoms with E-state index in [2.05, 4.69) is 77.9 Å². The standard InChI is InChI=1S/2C21H20N4O2.C20H18N4O2.C18H17N3O2.CH4/c1-5-10-25(18-8-6-17(7-9-18)14(2)26)13-16-11-19-20(22-12-16)23-15(3)24-21(19)27-4;1-5-10-25(18-8-6-16(7-9-18)14(3)26)12-17-11-19-20(22-13(17)2)23-15(4)24-21(19)27;1-4-9-24(17-7-5-16(6-8-17)13(2)25)12-15-10-18-19(21-11-15)22-14(3)23-20(18)26;1-11(22)14-5-3-13(4-6-14)10-19-15-7-8-17-16(9-15)18(23)21-12(2)20-17;/h1,6-9,11-12H,10,13H2,2-4H3;1,6-9,11H,10,12H2,2-4H3,(H,22,23,24,27);1,5-8,10-11H,9,12H2,2-3H3,(H,21,22,23,26);3-9,19H,10H2,1-2H3,(H,20,21,23);1H4. The van der Waals surface area contributed by atoms with Crippen LogP contribution in [0.3, 0.4) is 0 Å². The summed E-state index contributed by atoms with van der Waals surface area (Å²) >= 11 is 0. The molecule has 0 aliphatic carbocycles. The number of carbonyl (C=O) groups excluding carboxylic acids is 4. The Balaban J connectivity index is 0.000000175. The van der Waals surface area contributed by atoms with Gasteiger partial charge >= 0.3 is 0 Å². The number of rotatable bonds is 20. The summed E-state index contributed by atoms with van der Waals surface area (Å²) in [7, 11) is 1.58. The van der Waals surface area contributed by atoms with Gasteiger partial charge < -0.3 is 39.7 Å². The number of hydrogen-bond acceptors (Lipinski definition) is 20. The van der Waals surface area contributed by atoms with E-state index in [1.54, 1.807) is 110 Å². The average molecular weight is 1390 g/mol. The molecule has 0 spiro atoms. The number of aromatic nitrogens is 11. The molecule has 0 saturated heterocycles. The lowest BCUT2D eigenvalue weighted by atomic mass is 10.1. The van der Waals surface area contributed by atoms with Crippen LogP contribution in [-0.4, -0.2) is 105 Å². The fraction of sp³-hybridized carbons (Fsp3) is 0.222. The van der Waals surface area contributed by atoms with E-state index in [1.807, 2.05) is 107 Å². The Morgan fingerprint density at radius 2 is 0.856 bits per heavy atom. The van der Waals surface area contributed by atoms with Gasteiger partial charge in [0.1, 0.15) is 23.3 Å². The van der Waals surface area contributed by atoms with Crippen LogP contribution in [0.5, 0.6) is 5.88 Å². The molecule has 7 aromatic heterocycles. The van der Waals surface area contributed by atoms with Crippen molar-refractivity contribution in [1.29, 1.82) is 0 Å². The van der Waals surface area contributed by atoms with E-state index in [4.69, 9.17) is 24.0 Å². The van der Waals surface area contributed by atoms with Crippen LogP contribution >= 0.6 is 0 Å². The third-order valence-electron chi connectivity index (χ3n) is 16.3. The van der Waals surface area contributed by atoms with E-state index in [1.165, 1.54) is 13.8 Å². The van der Waals surface area contributed by atoms with E-state index >= 15 is 0 Å². The van der Waals surface area contributed by atoms with Crippen LogP contribution in [-0.2, 0) is 26.2 Å². The van der Waals surface area contributed by atoms with Crippen molar-refractivity contribution in [3.05, 3.63) is 250 Å². The number of anilines is 4. The van der Waals surface area contributed by atoms with Gasteiger partial charge in [0.15, 0.2) is 40.1 Å². The van der Waals surface area contributed by atoms with Gasteiger partial charge in [-0.3, -0.25) is 33.6 Å². The molecule has 5 aromatic carbocycles.